The van der Waals surface area contributed by atoms with Crippen LogP contribution in [-0.4, -0.2) is 25.5 Å². The molecule has 0 aliphatic rings. The Labute approximate surface area is 185 Å². The van der Waals surface area contributed by atoms with Gasteiger partial charge in [-0.05, 0) is 27.7 Å². The molecule has 0 atom stereocenters. The van der Waals surface area contributed by atoms with Crippen LogP contribution in [0, 0.1) is 56.8 Å². The van der Waals surface area contributed by atoms with Gasteiger partial charge in [0, 0.05) is 6.42 Å². The average molecular weight is 476 g/mol. The van der Waals surface area contributed by atoms with Gasteiger partial charge in [0.1, 0.15) is 0 Å². The number of hydrogen-bond acceptors (Lipinski definition) is 3. The van der Waals surface area contributed by atoms with Crippen LogP contribution in [0.25, 0.3) is 0 Å². The lowest BCUT2D eigenvalue weighted by Crippen LogP contribution is -2.17. The van der Waals surface area contributed by atoms with E-state index in [1.165, 1.54) is 6.92 Å². The predicted molar refractivity (Wildman–Crippen MR) is 107 cm³/mol. The molecule has 1 amide bonds. The summed E-state index contributed by atoms with van der Waals surface area (Å²) in [7, 11) is 0. The SMILES string of the molecule is Cc1nn(CCC(=O)Nc2c(C)nn(Cc3c(F)c(F)c(F)c(F)c3F)c2C)c(C)c1Cl. The molecule has 1 aromatic carbocycles. The van der Waals surface area contributed by atoms with Gasteiger partial charge >= 0.3 is 0 Å². The lowest BCUT2D eigenvalue weighted by atomic mass is 10.1. The van der Waals surface area contributed by atoms with E-state index >= 15 is 0 Å². The molecule has 32 heavy (non-hydrogen) atoms. The zero-order valence-electron chi connectivity index (χ0n) is 17.6. The molecule has 0 radical (unpaired) electrons. The number of aromatic nitrogens is 4. The van der Waals surface area contributed by atoms with E-state index in [1.54, 1.807) is 25.5 Å². The van der Waals surface area contributed by atoms with Crippen molar-refractivity contribution >= 4 is 23.2 Å². The average Bonchev–Trinajstić information content (AvgIpc) is 3.16. The fraction of sp³-hybridized carbons (Fsp3) is 0.350. The standard InChI is InChI=1S/C20H19ClF5N5O/c1-8-14(21)10(3)30(28-8)6-5-13(32)27-20-9(2)29-31(11(20)4)7-12-15(22)17(24)19(26)18(25)16(12)23/h5-7H2,1-4H3,(H,27,32). The highest BCUT2D eigenvalue weighted by Gasteiger charge is 2.27. The van der Waals surface area contributed by atoms with E-state index < -0.39 is 41.2 Å². The topological polar surface area (TPSA) is 64.7 Å². The third kappa shape index (κ3) is 4.21. The highest BCUT2D eigenvalue weighted by molar-refractivity contribution is 6.31. The number of carbonyl (C=O) groups is 1. The maximum atomic E-state index is 14.0. The summed E-state index contributed by atoms with van der Waals surface area (Å²) < 4.78 is 70.9. The molecule has 3 rings (SSSR count). The molecule has 0 aliphatic carbocycles. The van der Waals surface area contributed by atoms with Gasteiger partial charge in [-0.1, -0.05) is 11.6 Å². The quantitative estimate of drug-likeness (QED) is 0.318. The molecule has 2 aromatic heterocycles. The number of nitrogens with one attached hydrogen (secondary N) is 1. The first-order chi connectivity index (χ1) is 14.9. The first-order valence-electron chi connectivity index (χ1n) is 9.47. The van der Waals surface area contributed by atoms with Crippen LogP contribution >= 0.6 is 11.6 Å². The Balaban J connectivity index is 1.78. The van der Waals surface area contributed by atoms with E-state index in [1.807, 2.05) is 0 Å². The van der Waals surface area contributed by atoms with Crippen LogP contribution in [0.1, 0.15) is 34.8 Å². The molecule has 0 bridgehead atoms. The summed E-state index contributed by atoms with van der Waals surface area (Å²) >= 11 is 6.09. The number of nitrogens with zero attached hydrogens (tertiary/aromatic N) is 4. The summed E-state index contributed by atoms with van der Waals surface area (Å²) in [5, 5.41) is 11.5. The molecule has 3 aromatic rings. The van der Waals surface area contributed by atoms with E-state index in [0.29, 0.717) is 16.4 Å². The Hall–Kier alpha value is -2.95. The molecule has 0 fully saturated rings. The Kier molecular flexibility index (Phi) is 6.59. The molecule has 172 valence electrons. The number of rotatable bonds is 6. The summed E-state index contributed by atoms with van der Waals surface area (Å²) in [6.07, 6.45) is 0.0555. The molecular formula is C20H19ClF5N5O. The van der Waals surface area contributed by atoms with Crippen LogP contribution < -0.4 is 5.32 Å². The van der Waals surface area contributed by atoms with Gasteiger partial charge < -0.3 is 5.32 Å². The molecule has 0 aliphatic heterocycles. The van der Waals surface area contributed by atoms with Gasteiger partial charge in [0.2, 0.25) is 11.7 Å². The summed E-state index contributed by atoms with van der Waals surface area (Å²) in [4.78, 5) is 12.4. The van der Waals surface area contributed by atoms with Crippen LogP contribution in [0.3, 0.4) is 0 Å². The Morgan fingerprint density at radius 3 is 1.91 bits per heavy atom. The van der Waals surface area contributed by atoms with Crippen molar-refractivity contribution in [2.45, 2.75) is 47.2 Å². The number of hydrogen-bond donors (Lipinski definition) is 1. The van der Waals surface area contributed by atoms with Crippen molar-refractivity contribution in [3.05, 3.63) is 62.4 Å². The lowest BCUT2D eigenvalue weighted by Gasteiger charge is -2.10. The smallest absolute Gasteiger partial charge is 0.226 e. The van der Waals surface area contributed by atoms with Gasteiger partial charge in [-0.15, -0.1) is 0 Å². The molecule has 2 heterocycles. The van der Waals surface area contributed by atoms with Gasteiger partial charge in [-0.3, -0.25) is 14.2 Å². The summed E-state index contributed by atoms with van der Waals surface area (Å²) in [5.41, 5.74) is 1.23. The van der Waals surface area contributed by atoms with Crippen molar-refractivity contribution in [2.75, 3.05) is 5.32 Å². The van der Waals surface area contributed by atoms with Crippen molar-refractivity contribution in [1.29, 1.82) is 0 Å². The second kappa shape index (κ2) is 8.89. The van der Waals surface area contributed by atoms with E-state index in [-0.39, 0.29) is 30.3 Å². The van der Waals surface area contributed by atoms with Crippen molar-refractivity contribution in [1.82, 2.24) is 19.6 Å². The summed E-state index contributed by atoms with van der Waals surface area (Å²) in [6, 6.07) is 0. The molecular weight excluding hydrogens is 457 g/mol. The number of anilines is 1. The van der Waals surface area contributed by atoms with Crippen molar-refractivity contribution in [2.24, 2.45) is 0 Å². The molecule has 0 saturated carbocycles. The molecule has 0 saturated heterocycles. The second-order valence-electron chi connectivity index (χ2n) is 7.26. The number of amides is 1. The van der Waals surface area contributed by atoms with Crippen molar-refractivity contribution < 1.29 is 26.7 Å². The van der Waals surface area contributed by atoms with Gasteiger partial charge in [0.15, 0.2) is 23.3 Å². The highest BCUT2D eigenvalue weighted by Crippen LogP contribution is 2.26. The first kappa shape index (κ1) is 23.7. The fourth-order valence-electron chi connectivity index (χ4n) is 3.27. The van der Waals surface area contributed by atoms with Gasteiger partial charge in [0.25, 0.3) is 0 Å². The zero-order valence-corrected chi connectivity index (χ0v) is 18.3. The van der Waals surface area contributed by atoms with E-state index in [0.717, 1.165) is 10.4 Å². The predicted octanol–water partition coefficient (Wildman–Crippen LogP) is 4.74. The van der Waals surface area contributed by atoms with Gasteiger partial charge in [0.05, 0.1) is 52.1 Å². The summed E-state index contributed by atoms with van der Waals surface area (Å²) in [6.45, 7) is 6.12. The lowest BCUT2D eigenvalue weighted by molar-refractivity contribution is -0.116. The highest BCUT2D eigenvalue weighted by atomic mass is 35.5. The van der Waals surface area contributed by atoms with Crippen molar-refractivity contribution in [3.8, 4) is 0 Å². The van der Waals surface area contributed by atoms with Crippen LogP contribution in [0.2, 0.25) is 5.02 Å². The number of benzene rings is 1. The minimum Gasteiger partial charge on any atom is -0.323 e. The van der Waals surface area contributed by atoms with Crippen LogP contribution in [0.4, 0.5) is 27.6 Å². The molecule has 1 N–H and O–H groups in total. The maximum Gasteiger partial charge on any atom is 0.226 e. The minimum atomic E-state index is -2.23. The largest absolute Gasteiger partial charge is 0.323 e. The normalized spacial score (nSPS) is 11.3. The van der Waals surface area contributed by atoms with Gasteiger partial charge in [-0.25, -0.2) is 22.0 Å². The Morgan fingerprint density at radius 2 is 1.38 bits per heavy atom. The fourth-order valence-corrected chi connectivity index (χ4v) is 3.41. The number of carbonyl (C=O) groups excluding carboxylic acids is 1. The first-order valence-corrected chi connectivity index (χ1v) is 9.85. The van der Waals surface area contributed by atoms with E-state index in [2.05, 4.69) is 15.5 Å². The van der Waals surface area contributed by atoms with Gasteiger partial charge in [-0.2, -0.15) is 10.2 Å². The van der Waals surface area contributed by atoms with E-state index in [4.69, 9.17) is 11.6 Å². The molecule has 6 nitrogen and oxygen atoms in total. The third-order valence-corrected chi connectivity index (χ3v) is 5.65. The molecule has 0 spiro atoms. The number of halogens is 6. The second-order valence-corrected chi connectivity index (χ2v) is 7.64. The van der Waals surface area contributed by atoms with Crippen LogP contribution in [0.5, 0.6) is 0 Å². The summed E-state index contributed by atoms with van der Waals surface area (Å²) in [5.74, 6) is -10.5. The third-order valence-electron chi connectivity index (χ3n) is 5.10. The molecule has 0 unspecified atom stereocenters. The number of aryl methyl sites for hydroxylation is 3. The maximum absolute atomic E-state index is 14.0. The zero-order chi connectivity index (χ0) is 23.9. The monoisotopic (exact) mass is 475 g/mol. The van der Waals surface area contributed by atoms with Crippen molar-refractivity contribution in [3.63, 3.8) is 0 Å². The van der Waals surface area contributed by atoms with Crippen LogP contribution in [0.15, 0.2) is 0 Å². The van der Waals surface area contributed by atoms with E-state index in [9.17, 15) is 26.7 Å². The van der Waals surface area contributed by atoms with Crippen LogP contribution in [-0.2, 0) is 17.9 Å². The Morgan fingerprint density at radius 1 is 0.844 bits per heavy atom. The Bertz CT molecular complexity index is 1190. The molecule has 12 heteroatoms. The minimum absolute atomic E-state index is 0.0555.